The predicted molar refractivity (Wildman–Crippen MR) is 66.2 cm³/mol. The minimum absolute atomic E-state index is 0.0822. The molecule has 0 aliphatic carbocycles. The Bertz CT molecular complexity index is 385. The summed E-state index contributed by atoms with van der Waals surface area (Å²) in [5.74, 6) is -6.98. The number of hydrogen-bond donors (Lipinski definition) is 0. The van der Waals surface area contributed by atoms with Crippen molar-refractivity contribution in [1.82, 2.24) is 0 Å². The van der Waals surface area contributed by atoms with Crippen molar-refractivity contribution in [3.63, 3.8) is 0 Å². The van der Waals surface area contributed by atoms with E-state index in [-0.39, 0.29) is 11.8 Å². The van der Waals surface area contributed by atoms with E-state index in [1.54, 1.807) is 0 Å². The number of halogens is 5. The summed E-state index contributed by atoms with van der Waals surface area (Å²) in [7, 11) is 0. The Balaban J connectivity index is 3.95. The molecule has 22 heavy (non-hydrogen) atoms. The summed E-state index contributed by atoms with van der Waals surface area (Å²) in [5, 5.41) is 0. The second-order valence-electron chi connectivity index (χ2n) is 5.89. The van der Waals surface area contributed by atoms with E-state index < -0.39 is 43.7 Å². The highest BCUT2D eigenvalue weighted by Gasteiger charge is 2.58. The maximum atomic E-state index is 12.5. The molecular weight excluding hydrogens is 315 g/mol. The van der Waals surface area contributed by atoms with Crippen LogP contribution in [0.15, 0.2) is 0 Å². The van der Waals surface area contributed by atoms with E-state index in [2.05, 4.69) is 9.47 Å². The number of carbonyl (C=O) groups is 2. The van der Waals surface area contributed by atoms with E-state index in [1.807, 2.05) is 20.8 Å². The average molecular weight is 334 g/mol. The van der Waals surface area contributed by atoms with Gasteiger partial charge in [-0.15, -0.1) is 0 Å². The van der Waals surface area contributed by atoms with Crippen LogP contribution in [0.5, 0.6) is 0 Å². The summed E-state index contributed by atoms with van der Waals surface area (Å²) < 4.78 is 68.9. The van der Waals surface area contributed by atoms with Gasteiger partial charge in [0.2, 0.25) is 0 Å². The fourth-order valence-electron chi connectivity index (χ4n) is 1.12. The molecule has 0 rings (SSSR count). The van der Waals surface area contributed by atoms with Crippen LogP contribution in [-0.2, 0) is 19.1 Å². The molecule has 0 unspecified atom stereocenters. The van der Waals surface area contributed by atoms with Crippen LogP contribution in [0.1, 0.15) is 40.0 Å². The number of alkyl halides is 5. The van der Waals surface area contributed by atoms with Crippen molar-refractivity contribution in [2.75, 3.05) is 13.2 Å². The molecular formula is C13H19F5O4. The molecule has 0 aromatic rings. The fraction of sp³-hybridized carbons (Fsp3) is 0.846. The highest BCUT2D eigenvalue weighted by atomic mass is 19.4. The first-order valence-electron chi connectivity index (χ1n) is 6.50. The number of hydrogen-bond acceptors (Lipinski definition) is 4. The largest absolute Gasteiger partial charge is 0.465 e. The quantitative estimate of drug-likeness (QED) is 0.528. The van der Waals surface area contributed by atoms with E-state index >= 15 is 0 Å². The highest BCUT2D eigenvalue weighted by molar-refractivity contribution is 5.71. The molecule has 130 valence electrons. The molecule has 0 saturated carbocycles. The smallest absolute Gasteiger partial charge is 0.456 e. The minimum atomic E-state index is -5.79. The summed E-state index contributed by atoms with van der Waals surface area (Å²) in [5.41, 5.74) is -0.0822. The monoisotopic (exact) mass is 334 g/mol. The third-order valence-corrected chi connectivity index (χ3v) is 2.48. The van der Waals surface area contributed by atoms with Gasteiger partial charge in [-0.05, 0) is 11.8 Å². The van der Waals surface area contributed by atoms with Crippen molar-refractivity contribution in [2.45, 2.75) is 52.1 Å². The molecule has 0 aliphatic rings. The standard InChI is InChI=1S/C13H19F5O4/c1-11(2,3)6-4-9(19)21-7-5-10(20)22-8-12(14,15)13(16,17)18/h4-8H2,1-3H3. The van der Waals surface area contributed by atoms with Crippen molar-refractivity contribution in [3.05, 3.63) is 0 Å². The van der Waals surface area contributed by atoms with Crippen molar-refractivity contribution in [3.8, 4) is 0 Å². The topological polar surface area (TPSA) is 52.6 Å². The third-order valence-electron chi connectivity index (χ3n) is 2.48. The van der Waals surface area contributed by atoms with Crippen LogP contribution in [0.3, 0.4) is 0 Å². The maximum Gasteiger partial charge on any atom is 0.456 e. The minimum Gasteiger partial charge on any atom is -0.465 e. The first-order valence-corrected chi connectivity index (χ1v) is 6.50. The van der Waals surface area contributed by atoms with Gasteiger partial charge in [-0.2, -0.15) is 22.0 Å². The molecule has 0 fully saturated rings. The second kappa shape index (κ2) is 7.73. The molecule has 0 aromatic heterocycles. The first-order chi connectivity index (χ1) is 9.74. The molecule has 0 bridgehead atoms. The second-order valence-corrected chi connectivity index (χ2v) is 5.89. The van der Waals surface area contributed by atoms with Gasteiger partial charge in [-0.1, -0.05) is 20.8 Å². The van der Waals surface area contributed by atoms with E-state index in [0.717, 1.165) is 0 Å². The summed E-state index contributed by atoms with van der Waals surface area (Å²) in [4.78, 5) is 22.3. The Morgan fingerprint density at radius 1 is 0.864 bits per heavy atom. The first kappa shape index (κ1) is 20.6. The van der Waals surface area contributed by atoms with E-state index in [0.29, 0.717) is 6.42 Å². The molecule has 0 N–H and O–H groups in total. The van der Waals surface area contributed by atoms with E-state index in [4.69, 9.17) is 0 Å². The van der Waals surface area contributed by atoms with Gasteiger partial charge in [0.25, 0.3) is 0 Å². The fourth-order valence-corrected chi connectivity index (χ4v) is 1.12. The SMILES string of the molecule is CC(C)(C)CCC(=O)OCCC(=O)OCC(F)(F)C(F)(F)F. The van der Waals surface area contributed by atoms with Crippen LogP contribution in [0.4, 0.5) is 22.0 Å². The number of esters is 2. The van der Waals surface area contributed by atoms with Gasteiger partial charge >= 0.3 is 24.0 Å². The lowest BCUT2D eigenvalue weighted by Crippen LogP contribution is -2.41. The molecule has 0 heterocycles. The van der Waals surface area contributed by atoms with Crippen molar-refractivity contribution < 1.29 is 41.0 Å². The van der Waals surface area contributed by atoms with Gasteiger partial charge < -0.3 is 9.47 Å². The maximum absolute atomic E-state index is 12.5. The summed E-state index contributed by atoms with van der Waals surface area (Å²) in [6, 6.07) is 0. The lowest BCUT2D eigenvalue weighted by molar-refractivity contribution is -0.294. The Kier molecular flexibility index (Phi) is 7.24. The van der Waals surface area contributed by atoms with Crippen molar-refractivity contribution >= 4 is 11.9 Å². The van der Waals surface area contributed by atoms with Gasteiger partial charge in [-0.3, -0.25) is 9.59 Å². The molecule has 9 heteroatoms. The van der Waals surface area contributed by atoms with Crippen LogP contribution >= 0.6 is 0 Å². The average Bonchev–Trinajstić information content (AvgIpc) is 2.32. The van der Waals surface area contributed by atoms with Gasteiger partial charge in [0.1, 0.15) is 6.61 Å². The molecule has 0 radical (unpaired) electrons. The zero-order chi connectivity index (χ0) is 17.6. The zero-order valence-electron chi connectivity index (χ0n) is 12.6. The Hall–Kier alpha value is -1.41. The molecule has 0 saturated heterocycles. The molecule has 0 atom stereocenters. The molecule has 0 aromatic carbocycles. The molecule has 0 aliphatic heterocycles. The van der Waals surface area contributed by atoms with Crippen LogP contribution in [-0.4, -0.2) is 37.3 Å². The lowest BCUT2D eigenvalue weighted by atomic mass is 9.91. The van der Waals surface area contributed by atoms with Crippen LogP contribution in [0.2, 0.25) is 0 Å². The Morgan fingerprint density at radius 3 is 1.82 bits per heavy atom. The van der Waals surface area contributed by atoms with Crippen LogP contribution in [0.25, 0.3) is 0 Å². The van der Waals surface area contributed by atoms with Crippen LogP contribution in [0, 0.1) is 5.41 Å². The molecule has 0 amide bonds. The Morgan fingerprint density at radius 2 is 1.36 bits per heavy atom. The zero-order valence-corrected chi connectivity index (χ0v) is 12.6. The normalized spacial score (nSPS) is 12.9. The number of carbonyl (C=O) groups excluding carboxylic acids is 2. The van der Waals surface area contributed by atoms with E-state index in [9.17, 15) is 31.5 Å². The number of rotatable bonds is 7. The summed E-state index contributed by atoms with van der Waals surface area (Å²) in [6.45, 7) is 3.22. The third kappa shape index (κ3) is 8.78. The summed E-state index contributed by atoms with van der Waals surface area (Å²) in [6.07, 6.45) is -5.71. The Labute approximate surface area is 124 Å². The van der Waals surface area contributed by atoms with Gasteiger partial charge in [-0.25, -0.2) is 0 Å². The van der Waals surface area contributed by atoms with Gasteiger partial charge in [0.15, 0.2) is 6.61 Å². The van der Waals surface area contributed by atoms with Gasteiger partial charge in [0.05, 0.1) is 6.42 Å². The van der Waals surface area contributed by atoms with Crippen molar-refractivity contribution in [1.29, 1.82) is 0 Å². The van der Waals surface area contributed by atoms with Gasteiger partial charge in [0, 0.05) is 6.42 Å². The highest BCUT2D eigenvalue weighted by Crippen LogP contribution is 2.35. The summed E-state index contributed by atoms with van der Waals surface area (Å²) >= 11 is 0. The van der Waals surface area contributed by atoms with E-state index in [1.165, 1.54) is 0 Å². The lowest BCUT2D eigenvalue weighted by Gasteiger charge is -2.19. The number of ether oxygens (including phenoxy) is 2. The van der Waals surface area contributed by atoms with Crippen LogP contribution < -0.4 is 0 Å². The molecule has 4 nitrogen and oxygen atoms in total. The predicted octanol–water partition coefficient (Wildman–Crippen LogP) is 3.49. The molecule has 0 spiro atoms. The van der Waals surface area contributed by atoms with Crippen molar-refractivity contribution in [2.24, 2.45) is 5.41 Å².